The summed E-state index contributed by atoms with van der Waals surface area (Å²) in [5, 5.41) is 4.67. The molecule has 7 nitrogen and oxygen atoms in total. The smallest absolute Gasteiger partial charge is 0.251 e. The number of nitrogens with zero attached hydrogens (tertiary/aromatic N) is 1. The maximum absolute atomic E-state index is 12.3. The number of anilines is 1. The number of nitrogens with one attached hydrogen (secondary N) is 1. The highest BCUT2D eigenvalue weighted by Gasteiger charge is 2.47. The van der Waals surface area contributed by atoms with Crippen LogP contribution in [0, 0.1) is 11.8 Å². The van der Waals surface area contributed by atoms with Crippen molar-refractivity contribution in [1.29, 1.82) is 0 Å². The molecule has 8 heteroatoms. The van der Waals surface area contributed by atoms with Crippen molar-refractivity contribution in [3.8, 4) is 0 Å². The molecule has 2 atom stereocenters. The van der Waals surface area contributed by atoms with Crippen molar-refractivity contribution in [2.24, 2.45) is 17.6 Å². The van der Waals surface area contributed by atoms with Gasteiger partial charge >= 0.3 is 0 Å². The first-order chi connectivity index (χ1) is 11.5. The second kappa shape index (κ2) is 6.72. The monoisotopic (exact) mass is 349 g/mol. The molecule has 2 fully saturated rings. The molecule has 1 aromatic heterocycles. The predicted molar refractivity (Wildman–Crippen MR) is 88.3 cm³/mol. The van der Waals surface area contributed by atoms with Crippen LogP contribution in [0.3, 0.4) is 0 Å². The molecule has 1 saturated carbocycles. The molecule has 24 heavy (non-hydrogen) atoms. The largest absolute Gasteiger partial charge is 0.366 e. The highest BCUT2D eigenvalue weighted by molar-refractivity contribution is 7.14. The Labute approximate surface area is 143 Å². The number of nitrogens with two attached hydrogens (primary N) is 1. The van der Waals surface area contributed by atoms with Crippen LogP contribution < -0.4 is 11.1 Å². The van der Waals surface area contributed by atoms with E-state index < -0.39 is 5.91 Å². The van der Waals surface area contributed by atoms with Crippen molar-refractivity contribution in [2.75, 3.05) is 11.9 Å². The Morgan fingerprint density at radius 3 is 2.42 bits per heavy atom. The van der Waals surface area contributed by atoms with E-state index in [0.717, 1.165) is 25.7 Å². The summed E-state index contributed by atoms with van der Waals surface area (Å²) >= 11 is 1.20. The van der Waals surface area contributed by atoms with E-state index in [2.05, 4.69) is 5.32 Å². The van der Waals surface area contributed by atoms with Crippen LogP contribution in [-0.4, -0.2) is 35.1 Å². The van der Waals surface area contributed by atoms with Gasteiger partial charge in [-0.1, -0.05) is 12.8 Å². The fourth-order valence-corrected chi connectivity index (χ4v) is 4.26. The molecule has 1 aromatic rings. The number of primary amides is 1. The van der Waals surface area contributed by atoms with Crippen LogP contribution in [0.4, 0.5) is 5.00 Å². The number of hydrogen-bond donors (Lipinski definition) is 2. The van der Waals surface area contributed by atoms with Gasteiger partial charge in [0.25, 0.3) is 5.91 Å². The van der Waals surface area contributed by atoms with E-state index in [9.17, 15) is 19.2 Å². The van der Waals surface area contributed by atoms with Crippen LogP contribution in [0.25, 0.3) is 0 Å². The Morgan fingerprint density at radius 1 is 1.21 bits per heavy atom. The van der Waals surface area contributed by atoms with Gasteiger partial charge in [-0.2, -0.15) is 0 Å². The maximum atomic E-state index is 12.3. The molecular weight excluding hydrogens is 330 g/mol. The lowest BCUT2D eigenvalue weighted by Gasteiger charge is -2.19. The number of thiophene rings is 1. The topological polar surface area (TPSA) is 110 Å². The SMILES string of the molecule is NC(=O)c1ccsc1NC(=O)CCN1C(=O)[C@H]2CCCC[C@H]2C1=O. The Bertz CT molecular complexity index is 675. The van der Waals surface area contributed by atoms with Crippen LogP contribution in [0.5, 0.6) is 0 Å². The molecule has 0 aromatic carbocycles. The van der Waals surface area contributed by atoms with Gasteiger partial charge in [0.05, 0.1) is 17.4 Å². The standard InChI is InChI=1S/C16H19N3O4S/c17-13(21)11-6-8-24-14(11)18-12(20)5-7-19-15(22)9-3-1-2-4-10(9)16(19)23/h6,8-10H,1-5,7H2,(H2,17,21)(H,18,20)/t9-,10+. The summed E-state index contributed by atoms with van der Waals surface area (Å²) < 4.78 is 0. The molecule has 0 bridgehead atoms. The molecule has 4 amide bonds. The summed E-state index contributed by atoms with van der Waals surface area (Å²) in [6.45, 7) is 0.0772. The first-order valence-electron chi connectivity index (χ1n) is 8.01. The Kier molecular flexibility index (Phi) is 4.66. The van der Waals surface area contributed by atoms with E-state index in [0.29, 0.717) is 5.00 Å². The summed E-state index contributed by atoms with van der Waals surface area (Å²) in [5.74, 6) is -1.66. The lowest BCUT2D eigenvalue weighted by molar-refractivity contribution is -0.140. The van der Waals surface area contributed by atoms with Crippen LogP contribution in [-0.2, 0) is 14.4 Å². The normalized spacial score (nSPS) is 23.2. The van der Waals surface area contributed by atoms with Crippen LogP contribution in [0.1, 0.15) is 42.5 Å². The number of carbonyl (C=O) groups excluding carboxylic acids is 4. The van der Waals surface area contributed by atoms with Crippen molar-refractivity contribution < 1.29 is 19.2 Å². The van der Waals surface area contributed by atoms with Crippen molar-refractivity contribution in [1.82, 2.24) is 4.90 Å². The molecule has 3 N–H and O–H groups in total. The fourth-order valence-electron chi connectivity index (χ4n) is 3.45. The van der Waals surface area contributed by atoms with Gasteiger partial charge in [-0.25, -0.2) is 0 Å². The van der Waals surface area contributed by atoms with Crippen molar-refractivity contribution in [3.63, 3.8) is 0 Å². The number of imide groups is 1. The number of fused-ring (bicyclic) bond motifs is 1. The zero-order valence-electron chi connectivity index (χ0n) is 13.1. The summed E-state index contributed by atoms with van der Waals surface area (Å²) in [4.78, 5) is 49.2. The number of likely N-dealkylation sites (tertiary alicyclic amines) is 1. The predicted octanol–water partition coefficient (Wildman–Crippen LogP) is 1.35. The number of hydrogen-bond acceptors (Lipinski definition) is 5. The minimum absolute atomic E-state index is 0.00697. The Hall–Kier alpha value is -2.22. The third-order valence-electron chi connectivity index (χ3n) is 4.68. The minimum Gasteiger partial charge on any atom is -0.366 e. The van der Waals surface area contributed by atoms with Crippen LogP contribution >= 0.6 is 11.3 Å². The maximum Gasteiger partial charge on any atom is 0.251 e. The molecule has 2 heterocycles. The number of rotatable bonds is 5. The zero-order chi connectivity index (χ0) is 17.3. The van der Waals surface area contributed by atoms with E-state index in [1.165, 1.54) is 16.2 Å². The number of carbonyl (C=O) groups is 4. The van der Waals surface area contributed by atoms with E-state index >= 15 is 0 Å². The quantitative estimate of drug-likeness (QED) is 0.782. The molecular formula is C16H19N3O4S. The molecule has 0 radical (unpaired) electrons. The van der Waals surface area contributed by atoms with Gasteiger partial charge in [0.15, 0.2) is 0 Å². The fraction of sp³-hybridized carbons (Fsp3) is 0.500. The third kappa shape index (κ3) is 3.06. The van der Waals surface area contributed by atoms with Gasteiger partial charge in [-0.15, -0.1) is 11.3 Å². The van der Waals surface area contributed by atoms with E-state index in [-0.39, 0.29) is 48.1 Å². The molecule has 1 saturated heterocycles. The Morgan fingerprint density at radius 2 is 1.83 bits per heavy atom. The van der Waals surface area contributed by atoms with E-state index in [1.54, 1.807) is 11.4 Å². The van der Waals surface area contributed by atoms with Crippen molar-refractivity contribution in [3.05, 3.63) is 17.0 Å². The van der Waals surface area contributed by atoms with Crippen molar-refractivity contribution >= 4 is 40.0 Å². The molecule has 128 valence electrons. The summed E-state index contributed by atoms with van der Waals surface area (Å²) in [7, 11) is 0. The van der Waals surface area contributed by atoms with E-state index in [4.69, 9.17) is 5.73 Å². The second-order valence-electron chi connectivity index (χ2n) is 6.15. The summed E-state index contributed by atoms with van der Waals surface area (Å²) in [6.07, 6.45) is 3.47. The molecule has 3 rings (SSSR count). The zero-order valence-corrected chi connectivity index (χ0v) is 13.9. The molecule has 0 spiro atoms. The highest BCUT2D eigenvalue weighted by atomic mass is 32.1. The molecule has 1 aliphatic heterocycles. The van der Waals surface area contributed by atoms with Crippen molar-refractivity contribution in [2.45, 2.75) is 32.1 Å². The molecule has 0 unspecified atom stereocenters. The van der Waals surface area contributed by atoms with Gasteiger partial charge in [0.1, 0.15) is 5.00 Å². The van der Waals surface area contributed by atoms with Gasteiger partial charge in [-0.05, 0) is 24.3 Å². The van der Waals surface area contributed by atoms with E-state index in [1.807, 2.05) is 0 Å². The van der Waals surface area contributed by atoms with Crippen LogP contribution in [0.15, 0.2) is 11.4 Å². The number of amides is 4. The minimum atomic E-state index is -0.611. The third-order valence-corrected chi connectivity index (χ3v) is 5.51. The van der Waals surface area contributed by atoms with Crippen LogP contribution in [0.2, 0.25) is 0 Å². The molecule has 1 aliphatic carbocycles. The van der Waals surface area contributed by atoms with Gasteiger partial charge in [0, 0.05) is 13.0 Å². The second-order valence-corrected chi connectivity index (χ2v) is 7.07. The lowest BCUT2D eigenvalue weighted by atomic mass is 9.81. The highest BCUT2D eigenvalue weighted by Crippen LogP contribution is 2.38. The first-order valence-corrected chi connectivity index (χ1v) is 8.89. The lowest BCUT2D eigenvalue weighted by Crippen LogP contribution is -2.34. The van der Waals surface area contributed by atoms with Gasteiger partial charge in [0.2, 0.25) is 17.7 Å². The first kappa shape index (κ1) is 16.6. The summed E-state index contributed by atoms with van der Waals surface area (Å²) in [6, 6.07) is 1.54. The van der Waals surface area contributed by atoms with Gasteiger partial charge in [-0.3, -0.25) is 24.1 Å². The molecule has 2 aliphatic rings. The average molecular weight is 349 g/mol. The Balaban J connectivity index is 1.58. The summed E-state index contributed by atoms with van der Waals surface area (Å²) in [5.41, 5.74) is 5.49. The van der Waals surface area contributed by atoms with Gasteiger partial charge < -0.3 is 11.1 Å². The average Bonchev–Trinajstić information content (AvgIpc) is 3.11.